The van der Waals surface area contributed by atoms with Gasteiger partial charge < -0.3 is 20.5 Å². The fourth-order valence-electron chi connectivity index (χ4n) is 3.43. The fourth-order valence-corrected chi connectivity index (χ4v) is 6.24. The van der Waals surface area contributed by atoms with E-state index >= 15 is 0 Å². The second-order valence-corrected chi connectivity index (χ2v) is 11.7. The zero-order valence-corrected chi connectivity index (χ0v) is 21.1. The molecule has 0 radical (unpaired) electrons. The van der Waals surface area contributed by atoms with Crippen molar-refractivity contribution in [2.24, 2.45) is 0 Å². The van der Waals surface area contributed by atoms with E-state index in [9.17, 15) is 21.6 Å². The third kappa shape index (κ3) is 7.22. The van der Waals surface area contributed by atoms with Crippen molar-refractivity contribution in [1.29, 1.82) is 0 Å². The van der Waals surface area contributed by atoms with Gasteiger partial charge in [0.25, 0.3) is 0 Å². The molecular formula is C22H30N4O7S2. The van der Waals surface area contributed by atoms with Crippen molar-refractivity contribution < 1.29 is 31.1 Å². The Morgan fingerprint density at radius 2 is 1.11 bits per heavy atom. The van der Waals surface area contributed by atoms with Gasteiger partial charge in [0.1, 0.15) is 0 Å². The zero-order chi connectivity index (χ0) is 25.5. The molecule has 2 aromatic carbocycles. The Morgan fingerprint density at radius 3 is 1.49 bits per heavy atom. The molecule has 35 heavy (non-hydrogen) atoms. The molecule has 0 atom stereocenters. The zero-order valence-electron chi connectivity index (χ0n) is 19.4. The second kappa shape index (κ2) is 11.9. The van der Waals surface area contributed by atoms with E-state index in [0.717, 1.165) is 0 Å². The number of hydrogen-bond acceptors (Lipinski definition) is 8. The summed E-state index contributed by atoms with van der Waals surface area (Å²) in [6.45, 7) is 4.71. The number of nitrogens with zero attached hydrogens (tertiary/aromatic N) is 2. The van der Waals surface area contributed by atoms with Crippen molar-refractivity contribution >= 4 is 37.3 Å². The normalized spacial score (nSPS) is 17.7. The molecule has 0 saturated carbocycles. The SMILES string of the molecule is CC(=O)Nc1ccc(S(=O)(=O)N2CCOCC2)cc1.Nc1ccc(S(=O)(=O)N2CCOCC2)cc1. The van der Waals surface area contributed by atoms with Gasteiger partial charge in [-0.15, -0.1) is 0 Å². The summed E-state index contributed by atoms with van der Waals surface area (Å²) in [5, 5.41) is 2.60. The molecule has 2 fully saturated rings. The Morgan fingerprint density at radius 1 is 0.743 bits per heavy atom. The van der Waals surface area contributed by atoms with Gasteiger partial charge in [-0.05, 0) is 48.5 Å². The average Bonchev–Trinajstić information content (AvgIpc) is 2.86. The van der Waals surface area contributed by atoms with E-state index in [0.29, 0.717) is 64.0 Å². The average molecular weight is 527 g/mol. The summed E-state index contributed by atoms with van der Waals surface area (Å²) in [5.41, 5.74) is 6.65. The first-order valence-corrected chi connectivity index (χ1v) is 13.9. The van der Waals surface area contributed by atoms with Crippen molar-refractivity contribution in [3.8, 4) is 0 Å². The summed E-state index contributed by atoms with van der Waals surface area (Å²) < 4.78 is 62.0. The van der Waals surface area contributed by atoms with E-state index in [2.05, 4.69) is 5.32 Å². The molecule has 192 valence electrons. The van der Waals surface area contributed by atoms with E-state index in [1.807, 2.05) is 0 Å². The lowest BCUT2D eigenvalue weighted by molar-refractivity contribution is -0.114. The second-order valence-electron chi connectivity index (χ2n) is 7.81. The molecule has 11 nitrogen and oxygen atoms in total. The third-order valence-electron chi connectivity index (χ3n) is 5.27. The quantitative estimate of drug-likeness (QED) is 0.547. The molecule has 2 heterocycles. The summed E-state index contributed by atoms with van der Waals surface area (Å²) in [7, 11) is -6.85. The number of sulfonamides is 2. The minimum absolute atomic E-state index is 0.191. The number of nitrogens with one attached hydrogen (secondary N) is 1. The van der Waals surface area contributed by atoms with Crippen LogP contribution in [0.15, 0.2) is 58.3 Å². The predicted octanol–water partition coefficient (Wildman–Crippen LogP) is 0.956. The first-order chi connectivity index (χ1) is 16.6. The highest BCUT2D eigenvalue weighted by molar-refractivity contribution is 7.89. The van der Waals surface area contributed by atoms with Crippen LogP contribution in [0.25, 0.3) is 0 Å². The summed E-state index contributed by atoms with van der Waals surface area (Å²) in [6, 6.07) is 12.4. The first-order valence-electron chi connectivity index (χ1n) is 11.0. The number of hydrogen-bond donors (Lipinski definition) is 2. The van der Waals surface area contributed by atoms with Crippen molar-refractivity contribution in [3.05, 3.63) is 48.5 Å². The number of carbonyl (C=O) groups excluding carboxylic acids is 1. The number of carbonyl (C=O) groups is 1. The van der Waals surface area contributed by atoms with Gasteiger partial charge >= 0.3 is 0 Å². The van der Waals surface area contributed by atoms with Gasteiger partial charge in [-0.1, -0.05) is 0 Å². The molecule has 1 amide bonds. The van der Waals surface area contributed by atoms with Crippen LogP contribution >= 0.6 is 0 Å². The van der Waals surface area contributed by atoms with Crippen molar-refractivity contribution in [2.45, 2.75) is 16.7 Å². The van der Waals surface area contributed by atoms with Gasteiger partial charge in [0, 0.05) is 44.5 Å². The van der Waals surface area contributed by atoms with E-state index in [1.54, 1.807) is 24.3 Å². The lowest BCUT2D eigenvalue weighted by Crippen LogP contribution is -2.40. The number of ether oxygens (including phenoxy) is 2. The molecule has 2 aliphatic rings. The number of rotatable bonds is 5. The summed E-state index contributed by atoms with van der Waals surface area (Å²) in [4.78, 5) is 11.4. The molecular weight excluding hydrogens is 496 g/mol. The molecule has 0 unspecified atom stereocenters. The number of nitrogen functional groups attached to an aromatic ring is 1. The monoisotopic (exact) mass is 526 g/mol. The number of amides is 1. The van der Waals surface area contributed by atoms with Crippen LogP contribution in [0.4, 0.5) is 11.4 Å². The molecule has 0 spiro atoms. The molecule has 2 aromatic rings. The van der Waals surface area contributed by atoms with Gasteiger partial charge in [0.05, 0.1) is 36.2 Å². The highest BCUT2D eigenvalue weighted by atomic mass is 32.2. The maximum atomic E-state index is 12.3. The smallest absolute Gasteiger partial charge is 0.243 e. The molecule has 2 saturated heterocycles. The Hall–Kier alpha value is -2.55. The van der Waals surface area contributed by atoms with Crippen molar-refractivity contribution in [2.75, 3.05) is 63.7 Å². The maximum Gasteiger partial charge on any atom is 0.243 e. The Bertz CT molecular complexity index is 1190. The van der Waals surface area contributed by atoms with Crippen LogP contribution in [0.3, 0.4) is 0 Å². The number of nitrogens with two attached hydrogens (primary N) is 1. The van der Waals surface area contributed by atoms with Gasteiger partial charge in [-0.3, -0.25) is 4.79 Å². The Labute approximate surface area is 205 Å². The van der Waals surface area contributed by atoms with Gasteiger partial charge in [0.15, 0.2) is 0 Å². The number of morpholine rings is 2. The van der Waals surface area contributed by atoms with Crippen LogP contribution < -0.4 is 11.1 Å². The molecule has 13 heteroatoms. The molecule has 2 aliphatic heterocycles. The fraction of sp³-hybridized carbons (Fsp3) is 0.409. The van der Waals surface area contributed by atoms with E-state index in [1.165, 1.54) is 39.8 Å². The summed E-state index contributed by atoms with van der Waals surface area (Å²) >= 11 is 0. The van der Waals surface area contributed by atoms with E-state index in [-0.39, 0.29) is 15.7 Å². The summed E-state index contributed by atoms with van der Waals surface area (Å²) in [6.07, 6.45) is 0. The predicted molar refractivity (Wildman–Crippen MR) is 131 cm³/mol. The van der Waals surface area contributed by atoms with Crippen molar-refractivity contribution in [1.82, 2.24) is 8.61 Å². The van der Waals surface area contributed by atoms with Crippen LogP contribution in [0.1, 0.15) is 6.92 Å². The standard InChI is InChI=1S/C12H16N2O4S.C10H14N2O3S/c1-10(15)13-11-2-4-12(5-3-11)19(16,17)14-6-8-18-9-7-14;11-9-1-3-10(4-2-9)16(13,14)12-5-7-15-8-6-12/h2-5H,6-9H2,1H3,(H,13,15);1-4H,5-8,11H2. The highest BCUT2D eigenvalue weighted by Gasteiger charge is 2.27. The van der Waals surface area contributed by atoms with Gasteiger partial charge in [0.2, 0.25) is 26.0 Å². The van der Waals surface area contributed by atoms with Crippen molar-refractivity contribution in [3.63, 3.8) is 0 Å². The van der Waals surface area contributed by atoms with Gasteiger partial charge in [-0.2, -0.15) is 8.61 Å². The minimum atomic E-state index is -3.47. The molecule has 0 aromatic heterocycles. The maximum absolute atomic E-state index is 12.3. The van der Waals surface area contributed by atoms with E-state index in [4.69, 9.17) is 15.2 Å². The molecule has 0 aliphatic carbocycles. The number of benzene rings is 2. The van der Waals surface area contributed by atoms with Gasteiger partial charge in [-0.25, -0.2) is 16.8 Å². The van der Waals surface area contributed by atoms with Crippen LogP contribution in [0.5, 0.6) is 0 Å². The number of anilines is 2. The van der Waals surface area contributed by atoms with Crippen LogP contribution in [-0.2, 0) is 34.3 Å². The van der Waals surface area contributed by atoms with Crippen LogP contribution in [-0.4, -0.2) is 84.0 Å². The van der Waals surface area contributed by atoms with E-state index < -0.39 is 20.0 Å². The first kappa shape index (κ1) is 27.0. The van der Waals surface area contributed by atoms with Crippen LogP contribution in [0.2, 0.25) is 0 Å². The Kier molecular flexibility index (Phi) is 9.21. The lowest BCUT2D eigenvalue weighted by Gasteiger charge is -2.26. The topological polar surface area (TPSA) is 148 Å². The molecule has 4 rings (SSSR count). The van der Waals surface area contributed by atoms with Crippen LogP contribution in [0, 0.1) is 0 Å². The minimum Gasteiger partial charge on any atom is -0.399 e. The molecule has 0 bridgehead atoms. The third-order valence-corrected chi connectivity index (χ3v) is 9.10. The largest absolute Gasteiger partial charge is 0.399 e. The lowest BCUT2D eigenvalue weighted by atomic mass is 10.3. The highest BCUT2D eigenvalue weighted by Crippen LogP contribution is 2.20. The molecule has 3 N–H and O–H groups in total. The Balaban J connectivity index is 0.000000198. The summed E-state index contributed by atoms with van der Waals surface area (Å²) in [5.74, 6) is -0.191.